The summed E-state index contributed by atoms with van der Waals surface area (Å²) in [5, 5.41) is 20.9. The number of thiazole rings is 1. The Morgan fingerprint density at radius 3 is 2.48 bits per heavy atom. The van der Waals surface area contributed by atoms with E-state index in [1.54, 1.807) is 42.5 Å². The fraction of sp³-hybridized carbons (Fsp3) is 0.0645. The molecule has 5 rings (SSSR count). The number of nitrogens with one attached hydrogen (secondary N) is 2. The fourth-order valence-corrected chi connectivity index (χ4v) is 4.63. The van der Waals surface area contributed by atoms with Gasteiger partial charge in [0.15, 0.2) is 16.6 Å². The van der Waals surface area contributed by atoms with Gasteiger partial charge in [-0.15, -0.1) is 11.3 Å². The molecule has 0 bridgehead atoms. The number of carbonyl (C=O) groups excluding carboxylic acids is 1. The maximum absolute atomic E-state index is 12.6. The molecule has 0 aliphatic carbocycles. The van der Waals surface area contributed by atoms with Crippen LogP contribution in [-0.2, 0) is 6.61 Å². The molecule has 11 heteroatoms. The number of amides is 1. The van der Waals surface area contributed by atoms with Gasteiger partial charge in [0.2, 0.25) is 0 Å². The van der Waals surface area contributed by atoms with Crippen LogP contribution in [0.5, 0.6) is 11.5 Å². The third-order valence-corrected chi connectivity index (χ3v) is 6.84. The summed E-state index contributed by atoms with van der Waals surface area (Å²) >= 11 is 1.51. The number of hydrogen-bond donors (Lipinski definition) is 2. The van der Waals surface area contributed by atoms with Crippen LogP contribution in [0.2, 0.25) is 0 Å². The maximum Gasteiger partial charge on any atom is 0.271 e. The second-order valence-electron chi connectivity index (χ2n) is 8.93. The zero-order valence-electron chi connectivity index (χ0n) is 22.4. The van der Waals surface area contributed by atoms with E-state index < -0.39 is 4.92 Å². The lowest BCUT2D eigenvalue weighted by atomic mass is 10.2. The van der Waals surface area contributed by atoms with Crippen LogP contribution in [0.25, 0.3) is 11.3 Å². The molecule has 0 fully saturated rings. The maximum atomic E-state index is 12.6. The molecule has 5 aromatic rings. The van der Waals surface area contributed by atoms with E-state index in [1.807, 2.05) is 47.8 Å². The van der Waals surface area contributed by atoms with E-state index in [4.69, 9.17) is 9.47 Å². The summed E-state index contributed by atoms with van der Waals surface area (Å²) in [4.78, 5) is 27.6. The van der Waals surface area contributed by atoms with Gasteiger partial charge in [0.05, 0.1) is 23.9 Å². The van der Waals surface area contributed by atoms with Gasteiger partial charge in [0.25, 0.3) is 11.6 Å². The number of rotatable bonds is 11. The number of aromatic nitrogens is 1. The highest BCUT2D eigenvalue weighted by Crippen LogP contribution is 2.29. The van der Waals surface area contributed by atoms with E-state index in [9.17, 15) is 14.9 Å². The second kappa shape index (κ2) is 13.2. The number of nitrogens with zero attached hydrogens (tertiary/aromatic N) is 3. The van der Waals surface area contributed by atoms with Crippen molar-refractivity contribution < 1.29 is 19.2 Å². The van der Waals surface area contributed by atoms with Crippen molar-refractivity contribution in [3.63, 3.8) is 0 Å². The topological polar surface area (TPSA) is 128 Å². The number of carbonyl (C=O) groups is 1. The molecule has 1 amide bonds. The summed E-state index contributed by atoms with van der Waals surface area (Å²) in [5.41, 5.74) is 7.23. The van der Waals surface area contributed by atoms with Crippen LogP contribution in [0.1, 0.15) is 21.5 Å². The van der Waals surface area contributed by atoms with E-state index in [-0.39, 0.29) is 18.2 Å². The Kier molecular flexibility index (Phi) is 8.80. The quantitative estimate of drug-likeness (QED) is 0.0999. The second-order valence-corrected chi connectivity index (χ2v) is 9.79. The summed E-state index contributed by atoms with van der Waals surface area (Å²) < 4.78 is 11.2. The van der Waals surface area contributed by atoms with Crippen LogP contribution in [0.15, 0.2) is 108 Å². The van der Waals surface area contributed by atoms with Gasteiger partial charge in [-0.25, -0.2) is 10.4 Å². The number of anilines is 2. The predicted molar refractivity (Wildman–Crippen MR) is 163 cm³/mol. The molecular weight excluding hydrogens is 554 g/mol. The van der Waals surface area contributed by atoms with E-state index in [2.05, 4.69) is 20.8 Å². The highest BCUT2D eigenvalue weighted by atomic mass is 32.1. The normalized spacial score (nSPS) is 10.8. The lowest BCUT2D eigenvalue weighted by Gasteiger charge is -2.11. The Morgan fingerprint density at radius 1 is 1.00 bits per heavy atom. The monoisotopic (exact) mass is 579 g/mol. The largest absolute Gasteiger partial charge is 0.493 e. The van der Waals surface area contributed by atoms with Crippen LogP contribution >= 0.6 is 11.3 Å². The molecule has 10 nitrogen and oxygen atoms in total. The average Bonchev–Trinajstić information content (AvgIpc) is 3.49. The highest BCUT2D eigenvalue weighted by Gasteiger charge is 2.09. The number of benzene rings is 4. The van der Waals surface area contributed by atoms with Gasteiger partial charge in [-0.2, -0.15) is 5.10 Å². The van der Waals surface area contributed by atoms with Gasteiger partial charge in [-0.3, -0.25) is 14.9 Å². The summed E-state index contributed by atoms with van der Waals surface area (Å²) in [5.74, 6) is 0.625. The zero-order chi connectivity index (χ0) is 29.3. The molecule has 0 radical (unpaired) electrons. The Bertz CT molecular complexity index is 1700. The van der Waals surface area contributed by atoms with Crippen LogP contribution in [0, 0.1) is 10.1 Å². The summed E-state index contributed by atoms with van der Waals surface area (Å²) in [7, 11) is 1.52. The minimum Gasteiger partial charge on any atom is -0.493 e. The first kappa shape index (κ1) is 28.0. The third kappa shape index (κ3) is 7.14. The molecule has 0 unspecified atom stereocenters. The number of non-ortho nitro benzene ring substituents is 1. The third-order valence-electron chi connectivity index (χ3n) is 6.08. The van der Waals surface area contributed by atoms with E-state index in [0.717, 1.165) is 27.6 Å². The minimum absolute atomic E-state index is 0.0191. The molecule has 1 aromatic heterocycles. The van der Waals surface area contributed by atoms with Gasteiger partial charge in [0, 0.05) is 34.3 Å². The van der Waals surface area contributed by atoms with Crippen molar-refractivity contribution in [2.45, 2.75) is 6.61 Å². The number of ether oxygens (including phenoxy) is 2. The van der Waals surface area contributed by atoms with Crippen molar-refractivity contribution in [3.05, 3.63) is 129 Å². The van der Waals surface area contributed by atoms with Crippen LogP contribution in [-0.4, -0.2) is 29.1 Å². The molecule has 4 aromatic carbocycles. The Morgan fingerprint density at radius 2 is 1.76 bits per heavy atom. The summed E-state index contributed by atoms with van der Waals surface area (Å²) in [6.07, 6.45) is 1.50. The SMILES string of the molecule is COc1cc(/C=N\NC(=O)c2ccc(Nc3nc(-c4ccccc4)cs3)cc2)ccc1OCc1ccc([N+](=O)[O-])cc1. The minimum atomic E-state index is -0.448. The summed E-state index contributed by atoms with van der Waals surface area (Å²) in [6, 6.07) is 28.3. The Labute approximate surface area is 245 Å². The number of methoxy groups -OCH3 is 1. The first-order valence-corrected chi connectivity index (χ1v) is 13.6. The molecule has 2 N–H and O–H groups in total. The van der Waals surface area contributed by atoms with Crippen LogP contribution in [0.4, 0.5) is 16.5 Å². The van der Waals surface area contributed by atoms with E-state index in [1.165, 1.54) is 36.8 Å². The molecule has 0 spiro atoms. The van der Waals surface area contributed by atoms with Gasteiger partial charge >= 0.3 is 0 Å². The van der Waals surface area contributed by atoms with E-state index >= 15 is 0 Å². The average molecular weight is 580 g/mol. The predicted octanol–water partition coefficient (Wildman–Crippen LogP) is 6.81. The van der Waals surface area contributed by atoms with Crippen LogP contribution < -0.4 is 20.2 Å². The number of nitro groups is 1. The molecule has 0 aliphatic heterocycles. The Hall–Kier alpha value is -5.55. The Balaban J connectivity index is 1.14. The standard InChI is InChI=1S/C31H25N5O5S/c1-40-29-17-22(9-16-28(29)41-19-21-7-14-26(15-8-21)36(38)39)18-32-35-30(37)24-10-12-25(13-11-24)33-31-34-27(20-42-31)23-5-3-2-4-6-23/h2-18,20H,19H2,1H3,(H,33,34)(H,35,37)/b32-18-. The molecule has 42 heavy (non-hydrogen) atoms. The lowest BCUT2D eigenvalue weighted by Crippen LogP contribution is -2.17. The highest BCUT2D eigenvalue weighted by molar-refractivity contribution is 7.14. The van der Waals surface area contributed by atoms with Crippen molar-refractivity contribution in [1.29, 1.82) is 0 Å². The summed E-state index contributed by atoms with van der Waals surface area (Å²) in [6.45, 7) is 0.213. The molecular formula is C31H25N5O5S. The van der Waals surface area contributed by atoms with Crippen molar-refractivity contribution in [3.8, 4) is 22.8 Å². The smallest absolute Gasteiger partial charge is 0.271 e. The van der Waals surface area contributed by atoms with Crippen molar-refractivity contribution in [1.82, 2.24) is 10.4 Å². The molecule has 0 aliphatic rings. The van der Waals surface area contributed by atoms with Crippen molar-refractivity contribution >= 4 is 40.0 Å². The number of hydrogen-bond acceptors (Lipinski definition) is 9. The van der Waals surface area contributed by atoms with Gasteiger partial charge < -0.3 is 14.8 Å². The number of hydrazone groups is 1. The lowest BCUT2D eigenvalue weighted by molar-refractivity contribution is -0.384. The van der Waals surface area contributed by atoms with Gasteiger partial charge in [-0.1, -0.05) is 30.3 Å². The molecule has 0 saturated carbocycles. The first-order chi connectivity index (χ1) is 20.5. The van der Waals surface area contributed by atoms with Gasteiger partial charge in [-0.05, 0) is 65.7 Å². The zero-order valence-corrected chi connectivity index (χ0v) is 23.2. The molecule has 0 atom stereocenters. The van der Waals surface area contributed by atoms with E-state index in [0.29, 0.717) is 22.6 Å². The first-order valence-electron chi connectivity index (χ1n) is 12.7. The molecule has 210 valence electrons. The van der Waals surface area contributed by atoms with Gasteiger partial charge in [0.1, 0.15) is 6.61 Å². The molecule has 1 heterocycles. The van der Waals surface area contributed by atoms with Crippen molar-refractivity contribution in [2.24, 2.45) is 5.10 Å². The fourth-order valence-electron chi connectivity index (χ4n) is 3.89. The number of nitro benzene ring substituents is 1. The van der Waals surface area contributed by atoms with Crippen LogP contribution in [0.3, 0.4) is 0 Å². The van der Waals surface area contributed by atoms with Crippen molar-refractivity contribution in [2.75, 3.05) is 12.4 Å². The molecule has 0 saturated heterocycles.